The maximum Gasteiger partial charge on any atom is 0.246 e. The minimum atomic E-state index is -0.462. The van der Waals surface area contributed by atoms with Crippen molar-refractivity contribution in [3.05, 3.63) is 72.8 Å². The Labute approximate surface area is 247 Å². The number of carbonyl (C=O) groups excluding carboxylic acids is 1. The molecule has 4 heterocycles. The van der Waals surface area contributed by atoms with Crippen LogP contribution in [0.5, 0.6) is 11.5 Å². The molecule has 0 radical (unpaired) electrons. The summed E-state index contributed by atoms with van der Waals surface area (Å²) in [6, 6.07) is 12.7. The number of amides is 1. The summed E-state index contributed by atoms with van der Waals surface area (Å²) in [5.74, 6) is 2.10. The number of hydrogen-bond acceptors (Lipinski definition) is 9. The van der Waals surface area contributed by atoms with E-state index in [9.17, 15) is 4.79 Å². The Morgan fingerprint density at radius 3 is 2.79 bits per heavy atom. The number of nitrogens with zero attached hydrogens (tertiary/aromatic N) is 8. The summed E-state index contributed by atoms with van der Waals surface area (Å²) in [5.41, 5.74) is 3.31. The number of rotatable bonds is 7. The minimum absolute atomic E-state index is 0.0248. The minimum Gasteiger partial charge on any atom is -0.457 e. The Morgan fingerprint density at radius 2 is 1.98 bits per heavy atom. The van der Waals surface area contributed by atoms with Gasteiger partial charge in [-0.2, -0.15) is 0 Å². The Bertz CT molecular complexity index is 1890. The highest BCUT2D eigenvalue weighted by molar-refractivity contribution is 5.89. The molecule has 1 amide bonds. The van der Waals surface area contributed by atoms with Crippen LogP contribution in [0.3, 0.4) is 0 Å². The molecule has 1 saturated carbocycles. The second-order valence-electron chi connectivity index (χ2n) is 11.0. The predicted octanol–water partition coefficient (Wildman–Crippen LogP) is 4.90. The number of fused-ring (bicyclic) bond motifs is 2. The molecule has 0 unspecified atom stereocenters. The third-order valence-corrected chi connectivity index (χ3v) is 8.23. The first-order valence-corrected chi connectivity index (χ1v) is 14.2. The molecule has 0 bridgehead atoms. The van der Waals surface area contributed by atoms with E-state index in [1.54, 1.807) is 35.9 Å². The second kappa shape index (κ2) is 10.6. The van der Waals surface area contributed by atoms with Crippen molar-refractivity contribution in [2.24, 2.45) is 13.0 Å². The fourth-order valence-corrected chi connectivity index (χ4v) is 5.70. The molecule has 5 aromatic rings. The predicted molar refractivity (Wildman–Crippen MR) is 161 cm³/mol. The van der Waals surface area contributed by atoms with Crippen LogP contribution in [-0.2, 0) is 11.8 Å². The molecular weight excluding hydrogens is 549 g/mol. The number of aryl methyl sites for hydroxylation is 1. The van der Waals surface area contributed by atoms with E-state index >= 15 is 4.39 Å². The van der Waals surface area contributed by atoms with Crippen LogP contribution in [-0.4, -0.2) is 66.4 Å². The molecule has 12 heteroatoms. The van der Waals surface area contributed by atoms with Crippen molar-refractivity contribution in [1.29, 1.82) is 0 Å². The van der Waals surface area contributed by atoms with E-state index in [-0.39, 0.29) is 17.6 Å². The highest BCUT2D eigenvalue weighted by atomic mass is 19.1. The van der Waals surface area contributed by atoms with Crippen molar-refractivity contribution >= 4 is 45.3 Å². The van der Waals surface area contributed by atoms with Gasteiger partial charge in [-0.05, 0) is 68.2 Å². The Balaban J connectivity index is 1.14. The number of hydrogen-bond donors (Lipinski definition) is 1. The van der Waals surface area contributed by atoms with Gasteiger partial charge < -0.3 is 19.9 Å². The fourth-order valence-electron chi connectivity index (χ4n) is 5.70. The van der Waals surface area contributed by atoms with Crippen molar-refractivity contribution in [3.63, 3.8) is 0 Å². The monoisotopic (exact) mass is 579 g/mol. The number of anilines is 3. The Hall–Kier alpha value is -5.13. The van der Waals surface area contributed by atoms with Crippen molar-refractivity contribution in [3.8, 4) is 11.5 Å². The summed E-state index contributed by atoms with van der Waals surface area (Å²) in [4.78, 5) is 30.3. The number of benzene rings is 2. The van der Waals surface area contributed by atoms with Crippen LogP contribution in [0.25, 0.3) is 22.1 Å². The summed E-state index contributed by atoms with van der Waals surface area (Å²) in [6.45, 7) is 7.29. The zero-order chi connectivity index (χ0) is 29.7. The number of pyridine rings is 1. The van der Waals surface area contributed by atoms with E-state index in [0.29, 0.717) is 65.0 Å². The molecule has 218 valence electrons. The topological polar surface area (TPSA) is 114 Å². The number of carbonyl (C=O) groups is 1. The van der Waals surface area contributed by atoms with E-state index in [2.05, 4.69) is 37.1 Å². The molecule has 1 atom stereocenters. The van der Waals surface area contributed by atoms with Gasteiger partial charge in [-0.1, -0.05) is 11.8 Å². The summed E-state index contributed by atoms with van der Waals surface area (Å²) in [7, 11) is 1.82. The van der Waals surface area contributed by atoms with E-state index in [0.717, 1.165) is 24.2 Å². The zero-order valence-corrected chi connectivity index (χ0v) is 23.9. The van der Waals surface area contributed by atoms with E-state index in [4.69, 9.17) is 9.72 Å². The summed E-state index contributed by atoms with van der Waals surface area (Å²) in [5, 5.41) is 11.3. The molecule has 1 aliphatic heterocycles. The highest BCUT2D eigenvalue weighted by Crippen LogP contribution is 2.38. The molecule has 43 heavy (non-hydrogen) atoms. The SMILES string of the molecule is C=CC(=O)N1CCN(c2ccc3ncnc(Nc4ccc(Oc5ccc6c(c5)nnn6C)c(C)c4F)c3n2)C[C@@H]1C1CC1. The first-order valence-electron chi connectivity index (χ1n) is 14.2. The average Bonchev–Trinajstić information content (AvgIpc) is 3.82. The van der Waals surface area contributed by atoms with Gasteiger partial charge in [-0.25, -0.2) is 24.0 Å². The van der Waals surface area contributed by atoms with Gasteiger partial charge in [0.25, 0.3) is 0 Å². The summed E-state index contributed by atoms with van der Waals surface area (Å²) >= 11 is 0. The number of nitrogens with one attached hydrogen (secondary N) is 1. The van der Waals surface area contributed by atoms with E-state index in [1.807, 2.05) is 30.1 Å². The van der Waals surface area contributed by atoms with E-state index < -0.39 is 5.82 Å². The normalized spacial score (nSPS) is 17.0. The van der Waals surface area contributed by atoms with Crippen molar-refractivity contribution in [2.75, 3.05) is 29.9 Å². The van der Waals surface area contributed by atoms with Gasteiger partial charge in [0.1, 0.15) is 34.7 Å². The quantitative estimate of drug-likeness (QED) is 0.269. The average molecular weight is 580 g/mol. The van der Waals surface area contributed by atoms with Gasteiger partial charge in [0, 0.05) is 38.3 Å². The molecule has 3 aromatic heterocycles. The summed E-state index contributed by atoms with van der Waals surface area (Å²) < 4.78 is 23.3. The lowest BCUT2D eigenvalue weighted by molar-refractivity contribution is -0.129. The third kappa shape index (κ3) is 4.98. The van der Waals surface area contributed by atoms with Crippen LogP contribution < -0.4 is 15.0 Å². The standard InChI is InChI=1S/C31H30FN9O2/c1-4-28(42)41-14-13-40(16-25(41)19-5-6-19)27-12-9-22-30(36-27)31(34-17-33-22)35-21-8-11-26(18(2)29(21)32)43-20-7-10-24-23(15-20)37-38-39(24)3/h4,7-12,15,17,19,25H,1,5-6,13-14,16H2,2-3H3,(H,33,34,35)/t25-/m1/s1. The van der Waals surface area contributed by atoms with Crippen LogP contribution in [0.1, 0.15) is 18.4 Å². The van der Waals surface area contributed by atoms with Crippen LogP contribution in [0.2, 0.25) is 0 Å². The van der Waals surface area contributed by atoms with Crippen molar-refractivity contribution in [2.45, 2.75) is 25.8 Å². The van der Waals surface area contributed by atoms with Gasteiger partial charge in [0.2, 0.25) is 5.91 Å². The van der Waals surface area contributed by atoms with Gasteiger partial charge in [-0.3, -0.25) is 4.79 Å². The molecule has 1 N–H and O–H groups in total. The molecule has 2 fully saturated rings. The molecule has 1 saturated heterocycles. The van der Waals surface area contributed by atoms with Gasteiger partial charge >= 0.3 is 0 Å². The molecule has 2 aliphatic rings. The van der Waals surface area contributed by atoms with Gasteiger partial charge in [0.05, 0.1) is 22.8 Å². The second-order valence-corrected chi connectivity index (χ2v) is 11.0. The lowest BCUT2D eigenvalue weighted by Gasteiger charge is -2.42. The van der Waals surface area contributed by atoms with Crippen LogP contribution in [0.15, 0.2) is 61.4 Å². The Kier molecular flexibility index (Phi) is 6.60. The lowest BCUT2D eigenvalue weighted by atomic mass is 10.1. The molecule has 1 aliphatic carbocycles. The first kappa shape index (κ1) is 26.7. The number of piperazine rings is 1. The number of halogens is 1. The smallest absolute Gasteiger partial charge is 0.246 e. The maximum absolute atomic E-state index is 15.7. The maximum atomic E-state index is 15.7. The first-order chi connectivity index (χ1) is 20.9. The van der Waals surface area contributed by atoms with Crippen molar-refractivity contribution in [1.82, 2.24) is 34.8 Å². The Morgan fingerprint density at radius 1 is 1.12 bits per heavy atom. The van der Waals surface area contributed by atoms with Crippen LogP contribution in [0, 0.1) is 18.7 Å². The summed E-state index contributed by atoms with van der Waals surface area (Å²) in [6.07, 6.45) is 5.07. The third-order valence-electron chi connectivity index (χ3n) is 8.23. The highest BCUT2D eigenvalue weighted by Gasteiger charge is 2.40. The van der Waals surface area contributed by atoms with Crippen LogP contribution >= 0.6 is 0 Å². The number of aromatic nitrogens is 6. The fraction of sp³-hybridized carbons (Fsp3) is 0.290. The van der Waals surface area contributed by atoms with Gasteiger partial charge in [-0.15, -0.1) is 5.10 Å². The largest absolute Gasteiger partial charge is 0.457 e. The molecule has 11 nitrogen and oxygen atoms in total. The molecule has 0 spiro atoms. The molecule has 7 rings (SSSR count). The van der Waals surface area contributed by atoms with Gasteiger partial charge in [0.15, 0.2) is 11.6 Å². The van der Waals surface area contributed by atoms with E-state index in [1.165, 1.54) is 12.4 Å². The number of ether oxygens (including phenoxy) is 1. The zero-order valence-electron chi connectivity index (χ0n) is 23.9. The van der Waals surface area contributed by atoms with Crippen molar-refractivity contribution < 1.29 is 13.9 Å². The molecule has 2 aromatic carbocycles. The van der Waals surface area contributed by atoms with Crippen LogP contribution in [0.4, 0.5) is 21.7 Å². The lowest BCUT2D eigenvalue weighted by Crippen LogP contribution is -2.56. The molecular formula is C31H30FN9O2.